The lowest BCUT2D eigenvalue weighted by molar-refractivity contribution is -0.124. The summed E-state index contributed by atoms with van der Waals surface area (Å²) in [5.41, 5.74) is 1.91. The number of methoxy groups -OCH3 is 1. The van der Waals surface area contributed by atoms with E-state index in [1.807, 2.05) is 51.1 Å². The smallest absolute Gasteiger partial charge is 0.258 e. The maximum atomic E-state index is 12.1. The molecule has 152 valence electrons. The molecule has 0 bridgehead atoms. The molecule has 0 aromatic heterocycles. The van der Waals surface area contributed by atoms with E-state index < -0.39 is 0 Å². The number of ether oxygens (including phenoxy) is 2. The number of carbonyl (C=O) groups excluding carboxylic acids is 1. The van der Waals surface area contributed by atoms with Gasteiger partial charge in [-0.1, -0.05) is 46.3 Å². The topological polar surface area (TPSA) is 59.6 Å². The van der Waals surface area contributed by atoms with Gasteiger partial charge in [0, 0.05) is 22.1 Å². The minimum absolute atomic E-state index is 0.0684. The molecule has 2 rings (SSSR count). The predicted molar refractivity (Wildman–Crippen MR) is 116 cm³/mol. The summed E-state index contributed by atoms with van der Waals surface area (Å²) < 4.78 is 12.2. The fourth-order valence-corrected chi connectivity index (χ4v) is 3.20. The highest BCUT2D eigenvalue weighted by atomic mass is 79.9. The average Bonchev–Trinajstić information content (AvgIpc) is 2.64. The lowest BCUT2D eigenvalue weighted by Crippen LogP contribution is -2.43. The minimum atomic E-state index is -0.302. The van der Waals surface area contributed by atoms with Gasteiger partial charge in [-0.3, -0.25) is 4.79 Å². The second-order valence-electron chi connectivity index (χ2n) is 7.56. The number of amides is 1. The number of hydrogen-bond acceptors (Lipinski definition) is 4. The highest BCUT2D eigenvalue weighted by Crippen LogP contribution is 2.36. The molecule has 2 aromatic carbocycles. The lowest BCUT2D eigenvalue weighted by atomic mass is 10.1. The van der Waals surface area contributed by atoms with E-state index in [-0.39, 0.29) is 18.1 Å². The Kier molecular flexibility index (Phi) is 8.33. The van der Waals surface area contributed by atoms with Crippen LogP contribution in [0.2, 0.25) is 0 Å². The van der Waals surface area contributed by atoms with Crippen molar-refractivity contribution in [1.29, 1.82) is 0 Å². The second kappa shape index (κ2) is 10.5. The van der Waals surface area contributed by atoms with Crippen molar-refractivity contribution in [2.45, 2.75) is 39.3 Å². The summed E-state index contributed by atoms with van der Waals surface area (Å²) >= 11 is 3.59. The minimum Gasteiger partial charge on any atom is -0.493 e. The largest absolute Gasteiger partial charge is 0.493 e. The van der Waals surface area contributed by atoms with Gasteiger partial charge in [-0.15, -0.1) is 0 Å². The van der Waals surface area contributed by atoms with Gasteiger partial charge in [0.05, 0.1) is 7.11 Å². The Bertz CT molecular complexity index is 773. The molecule has 28 heavy (non-hydrogen) atoms. The Morgan fingerprint density at radius 1 is 1.11 bits per heavy atom. The summed E-state index contributed by atoms with van der Waals surface area (Å²) in [4.78, 5) is 12.1. The summed E-state index contributed by atoms with van der Waals surface area (Å²) in [6.45, 7) is 7.17. The van der Waals surface area contributed by atoms with Crippen LogP contribution in [-0.4, -0.2) is 31.7 Å². The SMILES string of the molecule is COc1ccc(Br)c(CNCCc2ccccc2)c1OCC(=O)NC(C)(C)C. The monoisotopic (exact) mass is 448 g/mol. The Labute approximate surface area is 175 Å². The molecular formula is C22H29BrN2O3. The first-order valence-electron chi connectivity index (χ1n) is 9.34. The third-order valence-electron chi connectivity index (χ3n) is 3.98. The molecule has 0 unspecified atom stereocenters. The molecule has 0 fully saturated rings. The number of rotatable bonds is 9. The standard InChI is InChI=1S/C22H29BrN2O3/c1-22(2,3)25-20(26)15-28-21-17(18(23)10-11-19(21)27-4)14-24-13-12-16-8-6-5-7-9-16/h5-11,24H,12-15H2,1-4H3,(H,25,26). The van der Waals surface area contributed by atoms with Crippen LogP contribution in [0.25, 0.3) is 0 Å². The number of nitrogens with one attached hydrogen (secondary N) is 2. The van der Waals surface area contributed by atoms with Gasteiger partial charge in [0.15, 0.2) is 18.1 Å². The first-order chi connectivity index (χ1) is 13.3. The zero-order valence-electron chi connectivity index (χ0n) is 17.0. The molecule has 0 spiro atoms. The lowest BCUT2D eigenvalue weighted by Gasteiger charge is -2.21. The van der Waals surface area contributed by atoms with Gasteiger partial charge in [0.1, 0.15) is 0 Å². The Morgan fingerprint density at radius 2 is 1.82 bits per heavy atom. The number of benzene rings is 2. The molecule has 0 aliphatic heterocycles. The summed E-state index contributed by atoms with van der Waals surface area (Å²) in [6.07, 6.45) is 0.937. The molecule has 6 heteroatoms. The molecule has 0 aliphatic rings. The number of halogens is 1. The number of carbonyl (C=O) groups is 1. The molecule has 2 N–H and O–H groups in total. The van der Waals surface area contributed by atoms with Crippen molar-refractivity contribution in [3.63, 3.8) is 0 Å². The predicted octanol–water partition coefficient (Wildman–Crippen LogP) is 4.08. The normalized spacial score (nSPS) is 11.2. The van der Waals surface area contributed by atoms with E-state index in [4.69, 9.17) is 9.47 Å². The van der Waals surface area contributed by atoms with Crippen LogP contribution in [0.5, 0.6) is 11.5 Å². The van der Waals surface area contributed by atoms with Crippen LogP contribution >= 0.6 is 15.9 Å². The van der Waals surface area contributed by atoms with Gasteiger partial charge in [-0.05, 0) is 51.4 Å². The number of hydrogen-bond donors (Lipinski definition) is 2. The Hall–Kier alpha value is -2.05. The Balaban J connectivity index is 2.02. The van der Waals surface area contributed by atoms with Crippen LogP contribution in [0.15, 0.2) is 46.9 Å². The van der Waals surface area contributed by atoms with E-state index in [0.29, 0.717) is 18.0 Å². The van der Waals surface area contributed by atoms with Crippen molar-refractivity contribution in [1.82, 2.24) is 10.6 Å². The van der Waals surface area contributed by atoms with Crippen LogP contribution < -0.4 is 20.1 Å². The molecular weight excluding hydrogens is 420 g/mol. The summed E-state index contributed by atoms with van der Waals surface area (Å²) in [7, 11) is 1.60. The molecule has 0 radical (unpaired) electrons. The highest BCUT2D eigenvalue weighted by molar-refractivity contribution is 9.10. The fraction of sp³-hybridized carbons (Fsp3) is 0.409. The van der Waals surface area contributed by atoms with Crippen LogP contribution in [-0.2, 0) is 17.8 Å². The van der Waals surface area contributed by atoms with E-state index in [1.54, 1.807) is 7.11 Å². The first-order valence-corrected chi connectivity index (χ1v) is 10.1. The third kappa shape index (κ3) is 7.17. The van der Waals surface area contributed by atoms with Gasteiger partial charge in [-0.25, -0.2) is 0 Å². The van der Waals surface area contributed by atoms with Crippen molar-refractivity contribution >= 4 is 21.8 Å². The molecule has 2 aromatic rings. The van der Waals surface area contributed by atoms with Crippen molar-refractivity contribution < 1.29 is 14.3 Å². The van der Waals surface area contributed by atoms with Crippen LogP contribution in [0, 0.1) is 0 Å². The zero-order chi connectivity index (χ0) is 20.6. The maximum Gasteiger partial charge on any atom is 0.258 e. The molecule has 0 atom stereocenters. The van der Waals surface area contributed by atoms with Gasteiger partial charge in [0.25, 0.3) is 5.91 Å². The quantitative estimate of drug-likeness (QED) is 0.567. The van der Waals surface area contributed by atoms with Gasteiger partial charge in [-0.2, -0.15) is 0 Å². The third-order valence-corrected chi connectivity index (χ3v) is 4.73. The van der Waals surface area contributed by atoms with Crippen molar-refractivity contribution in [3.05, 3.63) is 58.1 Å². The van der Waals surface area contributed by atoms with E-state index in [2.05, 4.69) is 38.7 Å². The second-order valence-corrected chi connectivity index (χ2v) is 8.41. The van der Waals surface area contributed by atoms with E-state index >= 15 is 0 Å². The Morgan fingerprint density at radius 3 is 2.46 bits per heavy atom. The van der Waals surface area contributed by atoms with Gasteiger partial charge >= 0.3 is 0 Å². The summed E-state index contributed by atoms with van der Waals surface area (Å²) in [6, 6.07) is 14.1. The van der Waals surface area contributed by atoms with Crippen LogP contribution in [0.1, 0.15) is 31.9 Å². The average molecular weight is 449 g/mol. The van der Waals surface area contributed by atoms with Crippen molar-refractivity contribution in [2.75, 3.05) is 20.3 Å². The molecule has 0 saturated heterocycles. The van der Waals surface area contributed by atoms with Gasteiger partial charge < -0.3 is 20.1 Å². The first kappa shape index (κ1) is 22.2. The molecule has 0 saturated carbocycles. The summed E-state index contributed by atoms with van der Waals surface area (Å²) in [5.74, 6) is 1.01. The summed E-state index contributed by atoms with van der Waals surface area (Å²) in [5, 5.41) is 6.34. The van der Waals surface area contributed by atoms with E-state index in [1.165, 1.54) is 5.56 Å². The molecule has 0 aliphatic carbocycles. The van der Waals surface area contributed by atoms with E-state index in [0.717, 1.165) is 23.0 Å². The van der Waals surface area contributed by atoms with Crippen molar-refractivity contribution in [2.24, 2.45) is 0 Å². The van der Waals surface area contributed by atoms with E-state index in [9.17, 15) is 4.79 Å². The van der Waals surface area contributed by atoms with Crippen LogP contribution in [0.3, 0.4) is 0 Å². The van der Waals surface area contributed by atoms with Gasteiger partial charge in [0.2, 0.25) is 0 Å². The maximum absolute atomic E-state index is 12.1. The highest BCUT2D eigenvalue weighted by Gasteiger charge is 2.18. The van der Waals surface area contributed by atoms with Crippen molar-refractivity contribution in [3.8, 4) is 11.5 Å². The molecule has 5 nitrogen and oxygen atoms in total. The zero-order valence-corrected chi connectivity index (χ0v) is 18.6. The molecule has 0 heterocycles. The molecule has 1 amide bonds. The van der Waals surface area contributed by atoms with Crippen LogP contribution in [0.4, 0.5) is 0 Å². The fourth-order valence-electron chi connectivity index (χ4n) is 2.75.